The lowest BCUT2D eigenvalue weighted by molar-refractivity contribution is -0.118. The Bertz CT molecular complexity index is 397. The molecule has 1 atom stereocenters. The SMILES string of the molecule is CCOc1nc(NN)nc(NC(C)C(N)=O)n1. The Balaban J connectivity index is 2.90. The van der Waals surface area contributed by atoms with E-state index >= 15 is 0 Å². The largest absolute Gasteiger partial charge is 0.464 e. The average Bonchev–Trinajstić information content (AvgIpc) is 2.28. The Morgan fingerprint density at radius 2 is 2.06 bits per heavy atom. The van der Waals surface area contributed by atoms with Gasteiger partial charge in [0, 0.05) is 0 Å². The Hall–Kier alpha value is -2.16. The molecule has 0 radical (unpaired) electrons. The first-order valence-electron chi connectivity index (χ1n) is 4.98. The van der Waals surface area contributed by atoms with Gasteiger partial charge in [0.15, 0.2) is 0 Å². The number of amides is 1. The van der Waals surface area contributed by atoms with Crippen molar-refractivity contribution in [1.29, 1.82) is 0 Å². The number of ether oxygens (including phenoxy) is 1. The molecule has 0 fully saturated rings. The van der Waals surface area contributed by atoms with E-state index in [0.29, 0.717) is 6.61 Å². The lowest BCUT2D eigenvalue weighted by Gasteiger charge is -2.11. The Kier molecular flexibility index (Phi) is 4.40. The standard InChI is InChI=1S/C8H15N7O2/c1-3-17-8-13-6(11-4(2)5(9)16)12-7(14-8)15-10/h4H,3,10H2,1-2H3,(H2,9,16)(H2,11,12,13,14,15). The highest BCUT2D eigenvalue weighted by Crippen LogP contribution is 2.10. The normalized spacial score (nSPS) is 11.7. The molecule has 1 unspecified atom stereocenters. The number of carbonyl (C=O) groups is 1. The van der Waals surface area contributed by atoms with E-state index in [1.807, 2.05) is 0 Å². The molecule has 0 aliphatic carbocycles. The number of aromatic nitrogens is 3. The van der Waals surface area contributed by atoms with Gasteiger partial charge in [-0.1, -0.05) is 0 Å². The van der Waals surface area contributed by atoms with Gasteiger partial charge in [0.25, 0.3) is 0 Å². The summed E-state index contributed by atoms with van der Waals surface area (Å²) in [6.07, 6.45) is 0. The number of carbonyl (C=O) groups excluding carboxylic acids is 1. The molecule has 0 aromatic carbocycles. The summed E-state index contributed by atoms with van der Waals surface area (Å²) in [6.45, 7) is 3.78. The zero-order valence-corrected chi connectivity index (χ0v) is 9.60. The molecule has 6 N–H and O–H groups in total. The molecule has 0 spiro atoms. The second-order valence-corrected chi connectivity index (χ2v) is 3.11. The number of nitrogens with zero attached hydrogens (tertiary/aromatic N) is 3. The number of hydrazine groups is 1. The summed E-state index contributed by atoms with van der Waals surface area (Å²) in [5.74, 6) is 4.96. The molecule has 0 bridgehead atoms. The van der Waals surface area contributed by atoms with Crippen LogP contribution in [0.2, 0.25) is 0 Å². The van der Waals surface area contributed by atoms with Crippen LogP contribution in [-0.2, 0) is 4.79 Å². The van der Waals surface area contributed by atoms with Crippen LogP contribution in [0.1, 0.15) is 13.8 Å². The van der Waals surface area contributed by atoms with Gasteiger partial charge in [-0.15, -0.1) is 0 Å². The molecule has 0 aliphatic rings. The minimum absolute atomic E-state index is 0.106. The summed E-state index contributed by atoms with van der Waals surface area (Å²) in [7, 11) is 0. The first-order chi connectivity index (χ1) is 8.06. The average molecular weight is 241 g/mol. The molecule has 1 rings (SSSR count). The van der Waals surface area contributed by atoms with Crippen molar-refractivity contribution in [2.45, 2.75) is 19.9 Å². The quantitative estimate of drug-likeness (QED) is 0.361. The highest BCUT2D eigenvalue weighted by atomic mass is 16.5. The molecule has 1 aromatic heterocycles. The first kappa shape index (κ1) is 12.9. The van der Waals surface area contributed by atoms with E-state index in [9.17, 15) is 4.79 Å². The third kappa shape index (κ3) is 3.72. The van der Waals surface area contributed by atoms with Crippen molar-refractivity contribution in [3.05, 3.63) is 0 Å². The highest BCUT2D eigenvalue weighted by molar-refractivity contribution is 5.81. The zero-order chi connectivity index (χ0) is 12.8. The summed E-state index contributed by atoms with van der Waals surface area (Å²) in [5.41, 5.74) is 7.38. The fourth-order valence-electron chi connectivity index (χ4n) is 0.944. The van der Waals surface area contributed by atoms with Crippen LogP contribution in [0.4, 0.5) is 11.9 Å². The maximum atomic E-state index is 10.9. The van der Waals surface area contributed by atoms with Crippen LogP contribution < -0.4 is 27.1 Å². The Labute approximate surface area is 97.9 Å². The molecule has 94 valence electrons. The lowest BCUT2D eigenvalue weighted by Crippen LogP contribution is -2.33. The van der Waals surface area contributed by atoms with Crippen molar-refractivity contribution in [2.24, 2.45) is 11.6 Å². The number of anilines is 2. The zero-order valence-electron chi connectivity index (χ0n) is 9.60. The molecule has 1 amide bonds. The third-order valence-electron chi connectivity index (χ3n) is 1.79. The minimum Gasteiger partial charge on any atom is -0.464 e. The number of hydrogen-bond acceptors (Lipinski definition) is 8. The van der Waals surface area contributed by atoms with E-state index in [-0.39, 0.29) is 17.9 Å². The topological polar surface area (TPSA) is 141 Å². The van der Waals surface area contributed by atoms with E-state index in [2.05, 4.69) is 25.7 Å². The monoisotopic (exact) mass is 241 g/mol. The van der Waals surface area contributed by atoms with Gasteiger partial charge in [0.2, 0.25) is 17.8 Å². The molecule has 9 heteroatoms. The van der Waals surface area contributed by atoms with Gasteiger partial charge in [0.05, 0.1) is 6.61 Å². The summed E-state index contributed by atoms with van der Waals surface area (Å²) >= 11 is 0. The second-order valence-electron chi connectivity index (χ2n) is 3.11. The summed E-state index contributed by atoms with van der Waals surface area (Å²) in [6, 6.07) is -0.507. The molecule has 1 heterocycles. The van der Waals surface area contributed by atoms with Crippen LogP contribution in [0.3, 0.4) is 0 Å². The maximum Gasteiger partial charge on any atom is 0.323 e. The smallest absolute Gasteiger partial charge is 0.323 e. The van der Waals surface area contributed by atoms with Crippen LogP contribution in [0, 0.1) is 0 Å². The fourth-order valence-corrected chi connectivity index (χ4v) is 0.944. The molecule has 17 heavy (non-hydrogen) atoms. The van der Waals surface area contributed by atoms with E-state index < -0.39 is 11.9 Å². The Morgan fingerprint density at radius 1 is 1.41 bits per heavy atom. The van der Waals surface area contributed by atoms with Crippen molar-refractivity contribution < 1.29 is 9.53 Å². The van der Waals surface area contributed by atoms with Crippen molar-refractivity contribution >= 4 is 17.8 Å². The minimum atomic E-state index is -0.613. The second kappa shape index (κ2) is 5.80. The van der Waals surface area contributed by atoms with Gasteiger partial charge in [-0.2, -0.15) is 15.0 Å². The summed E-state index contributed by atoms with van der Waals surface area (Å²) < 4.78 is 5.12. The van der Waals surface area contributed by atoms with Crippen molar-refractivity contribution in [3.8, 4) is 6.01 Å². The van der Waals surface area contributed by atoms with Crippen molar-refractivity contribution in [2.75, 3.05) is 17.3 Å². The predicted octanol–water partition coefficient (Wildman–Crippen LogP) is -1.16. The number of nitrogens with one attached hydrogen (secondary N) is 2. The highest BCUT2D eigenvalue weighted by Gasteiger charge is 2.12. The number of rotatable bonds is 6. The Morgan fingerprint density at radius 3 is 2.59 bits per heavy atom. The molecule has 0 saturated heterocycles. The van der Waals surface area contributed by atoms with Gasteiger partial charge in [-0.05, 0) is 13.8 Å². The first-order valence-corrected chi connectivity index (χ1v) is 4.98. The van der Waals surface area contributed by atoms with Crippen LogP contribution in [0.25, 0.3) is 0 Å². The van der Waals surface area contributed by atoms with Crippen molar-refractivity contribution in [1.82, 2.24) is 15.0 Å². The molecule has 9 nitrogen and oxygen atoms in total. The number of nitrogens with two attached hydrogens (primary N) is 2. The maximum absolute atomic E-state index is 10.9. The van der Waals surface area contributed by atoms with Gasteiger partial charge in [0.1, 0.15) is 6.04 Å². The van der Waals surface area contributed by atoms with Crippen molar-refractivity contribution in [3.63, 3.8) is 0 Å². The van der Waals surface area contributed by atoms with Gasteiger partial charge in [-0.3, -0.25) is 10.2 Å². The molecular weight excluding hydrogens is 226 g/mol. The van der Waals surface area contributed by atoms with Gasteiger partial charge < -0.3 is 15.8 Å². The predicted molar refractivity (Wildman–Crippen MR) is 61.1 cm³/mol. The summed E-state index contributed by atoms with van der Waals surface area (Å²) in [5, 5.41) is 2.70. The van der Waals surface area contributed by atoms with E-state index in [0.717, 1.165) is 0 Å². The molecule has 1 aromatic rings. The van der Waals surface area contributed by atoms with Gasteiger partial charge in [-0.25, -0.2) is 5.84 Å². The summed E-state index contributed by atoms with van der Waals surface area (Å²) in [4.78, 5) is 22.6. The van der Waals surface area contributed by atoms with Crippen LogP contribution >= 0.6 is 0 Å². The molecular formula is C8H15N7O2. The number of hydrogen-bond donors (Lipinski definition) is 4. The third-order valence-corrected chi connectivity index (χ3v) is 1.79. The van der Waals surface area contributed by atoms with Crippen LogP contribution in [0.15, 0.2) is 0 Å². The van der Waals surface area contributed by atoms with E-state index in [1.165, 1.54) is 0 Å². The van der Waals surface area contributed by atoms with E-state index in [1.54, 1.807) is 13.8 Å². The molecule has 0 aliphatic heterocycles. The van der Waals surface area contributed by atoms with Gasteiger partial charge >= 0.3 is 6.01 Å². The number of nitrogen functional groups attached to an aromatic ring is 1. The number of primary amides is 1. The van der Waals surface area contributed by atoms with Crippen LogP contribution in [0.5, 0.6) is 6.01 Å². The van der Waals surface area contributed by atoms with Crippen LogP contribution in [-0.4, -0.2) is 33.5 Å². The fraction of sp³-hybridized carbons (Fsp3) is 0.500. The molecule has 0 saturated carbocycles. The van der Waals surface area contributed by atoms with E-state index in [4.69, 9.17) is 16.3 Å². The lowest BCUT2D eigenvalue weighted by atomic mass is 10.3.